The van der Waals surface area contributed by atoms with Gasteiger partial charge >= 0.3 is 5.97 Å². The maximum Gasteiger partial charge on any atom is 0.320 e. The number of para-hydroxylation sites is 1. The van der Waals surface area contributed by atoms with Crippen molar-refractivity contribution in [3.05, 3.63) is 66.4 Å². The summed E-state index contributed by atoms with van der Waals surface area (Å²) < 4.78 is 0. The molecule has 3 aromatic rings. The molecule has 4 nitrogen and oxygen atoms in total. The monoisotopic (exact) mass is 292 g/mol. The van der Waals surface area contributed by atoms with Crippen LogP contribution in [0.1, 0.15) is 5.56 Å². The molecule has 0 spiro atoms. The Bertz CT molecular complexity index is 825. The fourth-order valence-electron chi connectivity index (χ4n) is 2.62. The van der Waals surface area contributed by atoms with Crippen LogP contribution >= 0.6 is 0 Å². The molecule has 1 heterocycles. The highest BCUT2D eigenvalue weighted by Gasteiger charge is 2.15. The number of hydrogen-bond acceptors (Lipinski definition) is 3. The molecule has 0 saturated carbocycles. The molecule has 1 unspecified atom stereocenters. The number of pyridine rings is 1. The van der Waals surface area contributed by atoms with Crippen molar-refractivity contribution in [2.45, 2.75) is 12.5 Å². The van der Waals surface area contributed by atoms with Crippen LogP contribution in [0.2, 0.25) is 0 Å². The first-order valence-electron chi connectivity index (χ1n) is 7.07. The Hall–Kier alpha value is -2.72. The van der Waals surface area contributed by atoms with Crippen molar-refractivity contribution in [3.8, 4) is 11.1 Å². The minimum Gasteiger partial charge on any atom is -0.480 e. The van der Waals surface area contributed by atoms with Gasteiger partial charge in [0.2, 0.25) is 0 Å². The highest BCUT2D eigenvalue weighted by molar-refractivity contribution is 5.95. The van der Waals surface area contributed by atoms with E-state index in [-0.39, 0.29) is 0 Å². The van der Waals surface area contributed by atoms with Crippen LogP contribution in [0, 0.1) is 0 Å². The first-order valence-corrected chi connectivity index (χ1v) is 7.07. The summed E-state index contributed by atoms with van der Waals surface area (Å²) in [6.07, 6.45) is 2.06. The number of aliphatic carboxylic acids is 1. The molecule has 110 valence electrons. The number of benzene rings is 2. The second kappa shape index (κ2) is 5.95. The van der Waals surface area contributed by atoms with Gasteiger partial charge in [-0.3, -0.25) is 9.78 Å². The summed E-state index contributed by atoms with van der Waals surface area (Å²) in [6.45, 7) is 0. The van der Waals surface area contributed by atoms with Crippen LogP contribution in [-0.4, -0.2) is 22.1 Å². The number of carboxylic acid groups (broad SMARTS) is 1. The zero-order valence-corrected chi connectivity index (χ0v) is 11.9. The van der Waals surface area contributed by atoms with E-state index in [1.807, 2.05) is 54.6 Å². The standard InChI is InChI=1S/C18H16N2O2/c19-16(18(21)22)11-12-5-1-2-6-13(12)14-9-10-20-17-8-4-3-7-15(14)17/h1-10,16H,11,19H2,(H,21,22). The van der Waals surface area contributed by atoms with E-state index >= 15 is 0 Å². The summed E-state index contributed by atoms with van der Waals surface area (Å²) in [4.78, 5) is 15.4. The summed E-state index contributed by atoms with van der Waals surface area (Å²) in [5.41, 5.74) is 9.57. The second-order valence-electron chi connectivity index (χ2n) is 5.18. The normalized spacial score (nSPS) is 12.2. The van der Waals surface area contributed by atoms with Crippen LogP contribution in [0.25, 0.3) is 22.0 Å². The van der Waals surface area contributed by atoms with E-state index in [4.69, 9.17) is 10.8 Å². The minimum absolute atomic E-state index is 0.294. The lowest BCUT2D eigenvalue weighted by Gasteiger charge is -2.13. The fraction of sp³-hybridized carbons (Fsp3) is 0.111. The maximum atomic E-state index is 11.0. The fourth-order valence-corrected chi connectivity index (χ4v) is 2.62. The lowest BCUT2D eigenvalue weighted by atomic mass is 9.93. The van der Waals surface area contributed by atoms with Gasteiger partial charge in [-0.1, -0.05) is 42.5 Å². The van der Waals surface area contributed by atoms with Gasteiger partial charge in [0, 0.05) is 11.6 Å². The molecular formula is C18H16N2O2. The van der Waals surface area contributed by atoms with Crippen molar-refractivity contribution >= 4 is 16.9 Å². The first kappa shape index (κ1) is 14.2. The molecule has 1 atom stereocenters. The van der Waals surface area contributed by atoms with E-state index in [9.17, 15) is 4.79 Å². The average molecular weight is 292 g/mol. The predicted molar refractivity (Wildman–Crippen MR) is 86.5 cm³/mol. The third-order valence-corrected chi connectivity index (χ3v) is 3.71. The average Bonchev–Trinajstić information content (AvgIpc) is 2.55. The number of nitrogens with two attached hydrogens (primary N) is 1. The van der Waals surface area contributed by atoms with Gasteiger partial charge in [-0.15, -0.1) is 0 Å². The molecule has 0 aliphatic heterocycles. The summed E-state index contributed by atoms with van der Waals surface area (Å²) in [5, 5.41) is 10.1. The third kappa shape index (κ3) is 2.69. The Kier molecular flexibility index (Phi) is 3.85. The van der Waals surface area contributed by atoms with E-state index in [0.717, 1.165) is 27.6 Å². The Balaban J connectivity index is 2.13. The third-order valence-electron chi connectivity index (χ3n) is 3.71. The summed E-state index contributed by atoms with van der Waals surface area (Å²) in [7, 11) is 0. The molecule has 0 bridgehead atoms. The van der Waals surface area contributed by atoms with Crippen LogP contribution in [0.15, 0.2) is 60.8 Å². The number of nitrogens with zero attached hydrogens (tertiary/aromatic N) is 1. The van der Waals surface area contributed by atoms with Crippen molar-refractivity contribution < 1.29 is 9.90 Å². The van der Waals surface area contributed by atoms with Gasteiger partial charge < -0.3 is 10.8 Å². The van der Waals surface area contributed by atoms with Gasteiger partial charge in [0.1, 0.15) is 6.04 Å². The largest absolute Gasteiger partial charge is 0.480 e. The van der Waals surface area contributed by atoms with Gasteiger partial charge in [-0.05, 0) is 35.2 Å². The molecule has 3 N–H and O–H groups in total. The van der Waals surface area contributed by atoms with E-state index in [1.165, 1.54) is 0 Å². The van der Waals surface area contributed by atoms with Crippen molar-refractivity contribution in [2.75, 3.05) is 0 Å². The molecule has 1 aromatic heterocycles. The summed E-state index contributed by atoms with van der Waals surface area (Å²) in [6, 6.07) is 16.7. The summed E-state index contributed by atoms with van der Waals surface area (Å²) in [5.74, 6) is -0.991. The first-order chi connectivity index (χ1) is 10.7. The van der Waals surface area contributed by atoms with Crippen LogP contribution < -0.4 is 5.73 Å². The van der Waals surface area contributed by atoms with E-state index < -0.39 is 12.0 Å². The molecule has 0 aliphatic rings. The SMILES string of the molecule is NC(Cc1ccccc1-c1ccnc2ccccc12)C(=O)O. The predicted octanol–water partition coefficient (Wildman–Crippen LogP) is 2.86. The Morgan fingerprint density at radius 3 is 2.59 bits per heavy atom. The molecule has 4 heteroatoms. The molecule has 0 amide bonds. The van der Waals surface area contributed by atoms with E-state index in [2.05, 4.69) is 4.98 Å². The minimum atomic E-state index is -0.991. The molecule has 22 heavy (non-hydrogen) atoms. The Morgan fingerprint density at radius 1 is 1.05 bits per heavy atom. The van der Waals surface area contributed by atoms with E-state index in [1.54, 1.807) is 6.20 Å². The number of carbonyl (C=O) groups is 1. The van der Waals surface area contributed by atoms with Crippen molar-refractivity contribution in [1.82, 2.24) is 4.98 Å². The molecule has 0 aliphatic carbocycles. The van der Waals surface area contributed by atoms with Gasteiger partial charge in [0.25, 0.3) is 0 Å². The lowest BCUT2D eigenvalue weighted by Crippen LogP contribution is -2.32. The van der Waals surface area contributed by atoms with Gasteiger partial charge in [-0.2, -0.15) is 0 Å². The molecular weight excluding hydrogens is 276 g/mol. The number of fused-ring (bicyclic) bond motifs is 1. The van der Waals surface area contributed by atoms with Crippen molar-refractivity contribution in [1.29, 1.82) is 0 Å². The maximum absolute atomic E-state index is 11.0. The quantitative estimate of drug-likeness (QED) is 0.775. The molecule has 0 fully saturated rings. The number of rotatable bonds is 4. The van der Waals surface area contributed by atoms with Gasteiger partial charge in [-0.25, -0.2) is 0 Å². The second-order valence-corrected chi connectivity index (χ2v) is 5.18. The van der Waals surface area contributed by atoms with Crippen LogP contribution in [0.5, 0.6) is 0 Å². The van der Waals surface area contributed by atoms with E-state index in [0.29, 0.717) is 6.42 Å². The van der Waals surface area contributed by atoms with Crippen LogP contribution in [-0.2, 0) is 11.2 Å². The zero-order chi connectivity index (χ0) is 15.5. The lowest BCUT2D eigenvalue weighted by molar-refractivity contribution is -0.138. The van der Waals surface area contributed by atoms with Crippen molar-refractivity contribution in [3.63, 3.8) is 0 Å². The van der Waals surface area contributed by atoms with Crippen LogP contribution in [0.4, 0.5) is 0 Å². The van der Waals surface area contributed by atoms with Crippen LogP contribution in [0.3, 0.4) is 0 Å². The highest BCUT2D eigenvalue weighted by Crippen LogP contribution is 2.30. The molecule has 2 aromatic carbocycles. The number of carboxylic acids is 1. The topological polar surface area (TPSA) is 76.2 Å². The molecule has 3 rings (SSSR count). The zero-order valence-electron chi connectivity index (χ0n) is 11.9. The van der Waals surface area contributed by atoms with Crippen molar-refractivity contribution in [2.24, 2.45) is 5.73 Å². The molecule has 0 saturated heterocycles. The smallest absolute Gasteiger partial charge is 0.320 e. The number of hydrogen-bond donors (Lipinski definition) is 2. The van der Waals surface area contributed by atoms with Gasteiger partial charge in [0.15, 0.2) is 0 Å². The summed E-state index contributed by atoms with van der Waals surface area (Å²) >= 11 is 0. The molecule has 0 radical (unpaired) electrons. The Labute approximate surface area is 128 Å². The van der Waals surface area contributed by atoms with Gasteiger partial charge in [0.05, 0.1) is 5.52 Å². The number of aromatic nitrogens is 1. The highest BCUT2D eigenvalue weighted by atomic mass is 16.4. The Morgan fingerprint density at radius 2 is 1.77 bits per heavy atom.